The van der Waals surface area contributed by atoms with Gasteiger partial charge in [-0.05, 0) is 32.1 Å². The molecule has 0 radical (unpaired) electrons. The summed E-state index contributed by atoms with van der Waals surface area (Å²) in [7, 11) is 0. The van der Waals surface area contributed by atoms with E-state index in [4.69, 9.17) is 0 Å². The molecule has 1 saturated heterocycles. The van der Waals surface area contributed by atoms with Crippen LogP contribution in [0.1, 0.15) is 85.0 Å². The monoisotopic (exact) mass is 280 g/mol. The highest BCUT2D eigenvalue weighted by Gasteiger charge is 2.41. The molecular formula is C18H36N2. The lowest BCUT2D eigenvalue weighted by Crippen LogP contribution is -2.66. The fourth-order valence-corrected chi connectivity index (χ4v) is 4.49. The van der Waals surface area contributed by atoms with Gasteiger partial charge in [-0.25, -0.2) is 0 Å². The predicted octanol–water partition coefficient (Wildman–Crippen LogP) is 4.34. The Morgan fingerprint density at radius 3 is 2.20 bits per heavy atom. The lowest BCUT2D eigenvalue weighted by atomic mass is 9.84. The summed E-state index contributed by atoms with van der Waals surface area (Å²) in [6.07, 6.45) is 14.0. The van der Waals surface area contributed by atoms with Crippen LogP contribution in [0.4, 0.5) is 0 Å². The van der Waals surface area contributed by atoms with E-state index in [1.165, 1.54) is 77.3 Å². The first-order valence-corrected chi connectivity index (χ1v) is 9.26. The van der Waals surface area contributed by atoms with Crippen molar-refractivity contribution in [2.24, 2.45) is 0 Å². The average Bonchev–Trinajstić information content (AvgIpc) is 2.77. The van der Waals surface area contributed by atoms with Gasteiger partial charge in [0.2, 0.25) is 0 Å². The smallest absolute Gasteiger partial charge is 0.0332 e. The summed E-state index contributed by atoms with van der Waals surface area (Å²) in [6.45, 7) is 9.62. The molecule has 118 valence electrons. The van der Waals surface area contributed by atoms with Gasteiger partial charge in [0, 0.05) is 30.7 Å². The summed E-state index contributed by atoms with van der Waals surface area (Å²) in [6, 6.07) is 1.59. The molecule has 1 N–H and O–H groups in total. The van der Waals surface area contributed by atoms with Gasteiger partial charge in [0.15, 0.2) is 0 Å². The Hall–Kier alpha value is -0.0800. The van der Waals surface area contributed by atoms with Crippen LogP contribution in [0.5, 0.6) is 0 Å². The van der Waals surface area contributed by atoms with Gasteiger partial charge in [-0.2, -0.15) is 0 Å². The van der Waals surface area contributed by atoms with Crippen LogP contribution in [-0.4, -0.2) is 35.6 Å². The summed E-state index contributed by atoms with van der Waals surface area (Å²) >= 11 is 0. The molecule has 0 amide bonds. The Balaban J connectivity index is 2.11. The normalized spacial score (nSPS) is 29.2. The zero-order chi connectivity index (χ0) is 14.4. The van der Waals surface area contributed by atoms with Gasteiger partial charge in [0.25, 0.3) is 0 Å². The Labute approximate surface area is 126 Å². The van der Waals surface area contributed by atoms with Crippen LogP contribution in [0.15, 0.2) is 0 Å². The van der Waals surface area contributed by atoms with Crippen LogP contribution in [0.3, 0.4) is 0 Å². The van der Waals surface area contributed by atoms with Crippen molar-refractivity contribution < 1.29 is 0 Å². The molecule has 0 aromatic heterocycles. The summed E-state index contributed by atoms with van der Waals surface area (Å²) in [4.78, 5) is 2.95. The maximum Gasteiger partial charge on any atom is 0.0332 e. The van der Waals surface area contributed by atoms with E-state index in [2.05, 4.69) is 31.0 Å². The van der Waals surface area contributed by atoms with Crippen LogP contribution >= 0.6 is 0 Å². The summed E-state index contributed by atoms with van der Waals surface area (Å²) in [5.74, 6) is 0. The van der Waals surface area contributed by atoms with E-state index in [1.54, 1.807) is 0 Å². The van der Waals surface area contributed by atoms with Crippen molar-refractivity contribution in [3.05, 3.63) is 0 Å². The molecule has 0 bridgehead atoms. The van der Waals surface area contributed by atoms with Crippen LogP contribution in [0, 0.1) is 0 Å². The number of rotatable bonds is 5. The van der Waals surface area contributed by atoms with Crippen molar-refractivity contribution in [3.8, 4) is 0 Å². The molecular weight excluding hydrogens is 244 g/mol. The maximum atomic E-state index is 3.86. The number of nitrogens with zero attached hydrogens (tertiary/aromatic N) is 1. The topological polar surface area (TPSA) is 15.3 Å². The van der Waals surface area contributed by atoms with Crippen LogP contribution in [0.25, 0.3) is 0 Å². The zero-order valence-electron chi connectivity index (χ0n) is 14.1. The molecule has 1 atom stereocenters. The Bertz CT molecular complexity index is 265. The number of hydrogen-bond donors (Lipinski definition) is 1. The largest absolute Gasteiger partial charge is 0.311 e. The molecule has 20 heavy (non-hydrogen) atoms. The van der Waals surface area contributed by atoms with Crippen molar-refractivity contribution in [3.63, 3.8) is 0 Å². The maximum absolute atomic E-state index is 3.86. The number of piperazine rings is 1. The zero-order valence-corrected chi connectivity index (χ0v) is 14.1. The van der Waals surface area contributed by atoms with Crippen molar-refractivity contribution in [1.29, 1.82) is 0 Å². The second-order valence-corrected chi connectivity index (χ2v) is 7.10. The third-order valence-corrected chi connectivity index (χ3v) is 5.96. The van der Waals surface area contributed by atoms with Gasteiger partial charge >= 0.3 is 0 Å². The highest BCUT2D eigenvalue weighted by Crippen LogP contribution is 2.34. The van der Waals surface area contributed by atoms with Gasteiger partial charge in [-0.15, -0.1) is 0 Å². The standard InChI is InChI=1S/C18H36N2/c1-4-11-16-14-20(17-12-9-7-8-10-13-17)18(5-2,6-3)15-19-16/h16-17,19H,4-15H2,1-3H3. The van der Waals surface area contributed by atoms with Gasteiger partial charge in [0.05, 0.1) is 0 Å². The molecule has 1 heterocycles. The molecule has 1 unspecified atom stereocenters. The van der Waals surface area contributed by atoms with Crippen molar-refractivity contribution in [2.45, 2.75) is 103 Å². The first-order chi connectivity index (χ1) is 9.75. The SMILES string of the molecule is CCCC1CN(C2CCCCCC2)C(CC)(CC)CN1. The third-order valence-electron chi connectivity index (χ3n) is 5.96. The van der Waals surface area contributed by atoms with Crippen LogP contribution in [-0.2, 0) is 0 Å². The molecule has 0 aromatic rings. The lowest BCUT2D eigenvalue weighted by Gasteiger charge is -2.53. The first-order valence-electron chi connectivity index (χ1n) is 9.26. The second-order valence-electron chi connectivity index (χ2n) is 7.10. The molecule has 2 fully saturated rings. The van der Waals surface area contributed by atoms with Gasteiger partial charge in [-0.1, -0.05) is 52.9 Å². The predicted molar refractivity (Wildman–Crippen MR) is 88.2 cm³/mol. The minimum atomic E-state index is 0.430. The molecule has 0 spiro atoms. The lowest BCUT2D eigenvalue weighted by molar-refractivity contribution is -0.0112. The van der Waals surface area contributed by atoms with Crippen molar-refractivity contribution in [2.75, 3.05) is 13.1 Å². The van der Waals surface area contributed by atoms with Crippen LogP contribution < -0.4 is 5.32 Å². The number of nitrogens with one attached hydrogen (secondary N) is 1. The first kappa shape index (κ1) is 16.3. The van der Waals surface area contributed by atoms with Crippen LogP contribution in [0.2, 0.25) is 0 Å². The quantitative estimate of drug-likeness (QED) is 0.754. The highest BCUT2D eigenvalue weighted by molar-refractivity contribution is 5.00. The molecule has 2 nitrogen and oxygen atoms in total. The Kier molecular flexibility index (Phi) is 6.35. The Morgan fingerprint density at radius 2 is 1.65 bits per heavy atom. The van der Waals surface area contributed by atoms with E-state index in [9.17, 15) is 0 Å². The number of hydrogen-bond acceptors (Lipinski definition) is 2. The Morgan fingerprint density at radius 1 is 1.00 bits per heavy atom. The fourth-order valence-electron chi connectivity index (χ4n) is 4.49. The molecule has 2 heteroatoms. The van der Waals surface area contributed by atoms with E-state index < -0.39 is 0 Å². The minimum Gasteiger partial charge on any atom is -0.311 e. The van der Waals surface area contributed by atoms with E-state index in [0.717, 1.165) is 12.1 Å². The fraction of sp³-hybridized carbons (Fsp3) is 1.00. The van der Waals surface area contributed by atoms with Gasteiger partial charge < -0.3 is 5.32 Å². The van der Waals surface area contributed by atoms with Gasteiger partial charge in [-0.3, -0.25) is 4.90 Å². The van der Waals surface area contributed by atoms with E-state index in [-0.39, 0.29) is 0 Å². The second kappa shape index (κ2) is 7.79. The van der Waals surface area contributed by atoms with E-state index in [1.807, 2.05) is 0 Å². The molecule has 1 saturated carbocycles. The average molecular weight is 280 g/mol. The molecule has 1 aliphatic carbocycles. The molecule has 0 aromatic carbocycles. The third kappa shape index (κ3) is 3.57. The molecule has 2 rings (SSSR count). The summed E-state index contributed by atoms with van der Waals surface area (Å²) in [5.41, 5.74) is 0.430. The van der Waals surface area contributed by atoms with Gasteiger partial charge in [0.1, 0.15) is 0 Å². The van der Waals surface area contributed by atoms with Crippen molar-refractivity contribution in [1.82, 2.24) is 10.2 Å². The molecule has 1 aliphatic heterocycles. The molecule has 2 aliphatic rings. The summed E-state index contributed by atoms with van der Waals surface area (Å²) < 4.78 is 0. The van der Waals surface area contributed by atoms with E-state index >= 15 is 0 Å². The van der Waals surface area contributed by atoms with E-state index in [0.29, 0.717) is 5.54 Å². The highest BCUT2D eigenvalue weighted by atomic mass is 15.3. The van der Waals surface area contributed by atoms with Crippen molar-refractivity contribution >= 4 is 0 Å². The minimum absolute atomic E-state index is 0.430. The summed E-state index contributed by atoms with van der Waals surface area (Å²) in [5, 5.41) is 3.86.